The van der Waals surface area contributed by atoms with Gasteiger partial charge in [0, 0.05) is 13.5 Å². The molecular formula is C15H24N2O2. The summed E-state index contributed by atoms with van der Waals surface area (Å²) >= 11 is 0. The van der Waals surface area contributed by atoms with Crippen LogP contribution in [0, 0.1) is 6.92 Å². The van der Waals surface area contributed by atoms with Crippen LogP contribution < -0.4 is 10.1 Å². The standard InChI is InChI=1S/C15H24N2O2/c1-13-6-8-14(9-7-13)19-12-11-17(3)15(18)5-4-10-16-2/h6-9,16H,4-5,10-12H2,1-3H3. The van der Waals surface area contributed by atoms with Gasteiger partial charge in [-0.15, -0.1) is 0 Å². The molecule has 0 atom stereocenters. The molecular weight excluding hydrogens is 240 g/mol. The van der Waals surface area contributed by atoms with Crippen molar-refractivity contribution in [1.82, 2.24) is 10.2 Å². The van der Waals surface area contributed by atoms with E-state index in [2.05, 4.69) is 5.32 Å². The smallest absolute Gasteiger partial charge is 0.222 e. The Morgan fingerprint density at radius 1 is 1.32 bits per heavy atom. The molecule has 0 saturated heterocycles. The first-order chi connectivity index (χ1) is 9.13. The molecule has 0 aliphatic heterocycles. The molecule has 0 aliphatic carbocycles. The monoisotopic (exact) mass is 264 g/mol. The van der Waals surface area contributed by atoms with Gasteiger partial charge in [0.15, 0.2) is 0 Å². The number of carbonyl (C=O) groups is 1. The Morgan fingerprint density at radius 3 is 2.63 bits per heavy atom. The molecule has 0 unspecified atom stereocenters. The summed E-state index contributed by atoms with van der Waals surface area (Å²) in [5.41, 5.74) is 1.21. The predicted octanol–water partition coefficient (Wildman–Crippen LogP) is 1.83. The van der Waals surface area contributed by atoms with Crippen LogP contribution in [0.2, 0.25) is 0 Å². The van der Waals surface area contributed by atoms with E-state index in [4.69, 9.17) is 4.74 Å². The second-order valence-corrected chi connectivity index (χ2v) is 4.68. The highest BCUT2D eigenvalue weighted by Crippen LogP contribution is 2.11. The van der Waals surface area contributed by atoms with E-state index in [1.807, 2.05) is 45.3 Å². The molecule has 0 aliphatic rings. The third kappa shape index (κ3) is 6.25. The molecule has 0 saturated carbocycles. The Hall–Kier alpha value is -1.55. The third-order valence-corrected chi connectivity index (χ3v) is 2.96. The van der Waals surface area contributed by atoms with Gasteiger partial charge in [-0.3, -0.25) is 4.79 Å². The Balaban J connectivity index is 2.20. The first-order valence-corrected chi connectivity index (χ1v) is 6.71. The highest BCUT2D eigenvalue weighted by molar-refractivity contribution is 5.75. The first kappa shape index (κ1) is 15.5. The van der Waals surface area contributed by atoms with Gasteiger partial charge in [-0.25, -0.2) is 0 Å². The Morgan fingerprint density at radius 2 is 2.00 bits per heavy atom. The second kappa shape index (κ2) is 8.53. The lowest BCUT2D eigenvalue weighted by atomic mass is 10.2. The fourth-order valence-corrected chi connectivity index (χ4v) is 1.67. The molecule has 0 bridgehead atoms. The highest BCUT2D eigenvalue weighted by Gasteiger charge is 2.07. The van der Waals surface area contributed by atoms with Crippen LogP contribution in [-0.4, -0.2) is 44.6 Å². The van der Waals surface area contributed by atoms with Gasteiger partial charge in [0.05, 0.1) is 6.54 Å². The molecule has 19 heavy (non-hydrogen) atoms. The van der Waals surface area contributed by atoms with Crippen molar-refractivity contribution < 1.29 is 9.53 Å². The lowest BCUT2D eigenvalue weighted by Gasteiger charge is -2.17. The van der Waals surface area contributed by atoms with Gasteiger partial charge in [-0.1, -0.05) is 17.7 Å². The van der Waals surface area contributed by atoms with Crippen molar-refractivity contribution in [3.63, 3.8) is 0 Å². The quantitative estimate of drug-likeness (QED) is 0.728. The molecule has 1 aromatic rings. The first-order valence-electron chi connectivity index (χ1n) is 6.71. The van der Waals surface area contributed by atoms with Gasteiger partial charge in [-0.2, -0.15) is 0 Å². The number of carbonyl (C=O) groups excluding carboxylic acids is 1. The number of nitrogens with one attached hydrogen (secondary N) is 1. The van der Waals surface area contributed by atoms with Crippen molar-refractivity contribution in [2.45, 2.75) is 19.8 Å². The molecule has 0 radical (unpaired) electrons. The van der Waals surface area contributed by atoms with Crippen LogP contribution in [-0.2, 0) is 4.79 Å². The van der Waals surface area contributed by atoms with Crippen LogP contribution in [0.15, 0.2) is 24.3 Å². The summed E-state index contributed by atoms with van der Waals surface area (Å²) in [6.45, 7) is 4.06. The van der Waals surface area contributed by atoms with E-state index in [1.165, 1.54) is 5.56 Å². The van der Waals surface area contributed by atoms with Crippen molar-refractivity contribution in [2.75, 3.05) is 33.8 Å². The molecule has 0 heterocycles. The van der Waals surface area contributed by atoms with Crippen LogP contribution in [0.4, 0.5) is 0 Å². The van der Waals surface area contributed by atoms with Gasteiger partial charge in [0.1, 0.15) is 12.4 Å². The van der Waals surface area contributed by atoms with Gasteiger partial charge >= 0.3 is 0 Å². The van der Waals surface area contributed by atoms with Crippen molar-refractivity contribution >= 4 is 5.91 Å². The van der Waals surface area contributed by atoms with Crippen molar-refractivity contribution in [3.8, 4) is 5.75 Å². The number of hydrogen-bond donors (Lipinski definition) is 1. The lowest BCUT2D eigenvalue weighted by molar-refractivity contribution is -0.130. The largest absolute Gasteiger partial charge is 0.492 e. The van der Waals surface area contributed by atoms with E-state index in [0.29, 0.717) is 19.6 Å². The van der Waals surface area contributed by atoms with E-state index < -0.39 is 0 Å². The molecule has 0 aromatic heterocycles. The van der Waals surface area contributed by atoms with Crippen molar-refractivity contribution in [3.05, 3.63) is 29.8 Å². The molecule has 1 N–H and O–H groups in total. The van der Waals surface area contributed by atoms with Crippen LogP contribution in [0.5, 0.6) is 5.75 Å². The van der Waals surface area contributed by atoms with Crippen molar-refractivity contribution in [1.29, 1.82) is 0 Å². The number of rotatable bonds is 8. The average Bonchev–Trinajstić information content (AvgIpc) is 2.41. The maximum Gasteiger partial charge on any atom is 0.222 e. The topological polar surface area (TPSA) is 41.6 Å². The zero-order chi connectivity index (χ0) is 14.1. The zero-order valence-corrected chi connectivity index (χ0v) is 12.1. The van der Waals surface area contributed by atoms with Crippen LogP contribution in [0.1, 0.15) is 18.4 Å². The summed E-state index contributed by atoms with van der Waals surface area (Å²) in [6.07, 6.45) is 1.46. The van der Waals surface area contributed by atoms with Crippen LogP contribution in [0.3, 0.4) is 0 Å². The molecule has 1 aromatic carbocycles. The highest BCUT2D eigenvalue weighted by atomic mass is 16.5. The number of hydrogen-bond acceptors (Lipinski definition) is 3. The zero-order valence-electron chi connectivity index (χ0n) is 12.1. The molecule has 0 fully saturated rings. The fraction of sp³-hybridized carbons (Fsp3) is 0.533. The number of benzene rings is 1. The van der Waals surface area contributed by atoms with E-state index >= 15 is 0 Å². The lowest BCUT2D eigenvalue weighted by Crippen LogP contribution is -2.31. The van der Waals surface area contributed by atoms with E-state index in [0.717, 1.165) is 18.7 Å². The number of likely N-dealkylation sites (N-methyl/N-ethyl adjacent to an activating group) is 1. The van der Waals surface area contributed by atoms with E-state index in [9.17, 15) is 4.79 Å². The summed E-state index contributed by atoms with van der Waals surface area (Å²) in [5, 5.41) is 3.04. The Bertz CT molecular complexity index is 376. The van der Waals surface area contributed by atoms with Crippen molar-refractivity contribution in [2.24, 2.45) is 0 Å². The fourth-order valence-electron chi connectivity index (χ4n) is 1.67. The van der Waals surface area contributed by atoms with Gasteiger partial charge in [-0.05, 0) is 39.1 Å². The second-order valence-electron chi connectivity index (χ2n) is 4.68. The Labute approximate surface area is 115 Å². The maximum atomic E-state index is 11.7. The number of ether oxygens (including phenoxy) is 1. The maximum absolute atomic E-state index is 11.7. The van der Waals surface area contributed by atoms with E-state index in [-0.39, 0.29) is 5.91 Å². The molecule has 4 nitrogen and oxygen atoms in total. The molecule has 106 valence electrons. The minimum atomic E-state index is 0.169. The summed E-state index contributed by atoms with van der Waals surface area (Å²) in [6, 6.07) is 7.93. The average molecular weight is 264 g/mol. The Kier molecular flexibility index (Phi) is 6.97. The van der Waals surface area contributed by atoms with Gasteiger partial charge in [0.2, 0.25) is 5.91 Å². The summed E-state index contributed by atoms with van der Waals surface area (Å²) in [4.78, 5) is 13.5. The minimum absolute atomic E-state index is 0.169. The summed E-state index contributed by atoms with van der Waals surface area (Å²) in [5.74, 6) is 1.02. The third-order valence-electron chi connectivity index (χ3n) is 2.96. The minimum Gasteiger partial charge on any atom is -0.492 e. The number of amides is 1. The van der Waals surface area contributed by atoms with E-state index in [1.54, 1.807) is 4.90 Å². The molecule has 4 heteroatoms. The molecule has 1 amide bonds. The number of aryl methyl sites for hydroxylation is 1. The summed E-state index contributed by atoms with van der Waals surface area (Å²) in [7, 11) is 3.71. The van der Waals surface area contributed by atoms with Gasteiger partial charge < -0.3 is 15.0 Å². The molecule has 0 spiro atoms. The normalized spacial score (nSPS) is 10.3. The van der Waals surface area contributed by atoms with Crippen LogP contribution >= 0.6 is 0 Å². The van der Waals surface area contributed by atoms with Gasteiger partial charge in [0.25, 0.3) is 0 Å². The predicted molar refractivity (Wildman–Crippen MR) is 77.5 cm³/mol. The SMILES string of the molecule is CNCCCC(=O)N(C)CCOc1ccc(C)cc1. The molecule has 1 rings (SSSR count). The van der Waals surface area contributed by atoms with Crippen LogP contribution in [0.25, 0.3) is 0 Å². The number of nitrogens with zero attached hydrogens (tertiary/aromatic N) is 1. The summed E-state index contributed by atoms with van der Waals surface area (Å²) < 4.78 is 5.60.